The number of amides is 1. The lowest BCUT2D eigenvalue weighted by Crippen LogP contribution is -2.57. The molecule has 0 spiro atoms. The summed E-state index contributed by atoms with van der Waals surface area (Å²) in [4.78, 5) is 12.3. The lowest BCUT2D eigenvalue weighted by atomic mass is 9.99. The number of carbonyl (C=O) groups excluding carboxylic acids is 1. The zero-order chi connectivity index (χ0) is 13.3. The van der Waals surface area contributed by atoms with Crippen molar-refractivity contribution in [3.05, 3.63) is 0 Å². The van der Waals surface area contributed by atoms with Crippen molar-refractivity contribution in [2.75, 3.05) is 0 Å². The van der Waals surface area contributed by atoms with E-state index in [1.807, 2.05) is 5.01 Å². The first-order valence-electron chi connectivity index (χ1n) is 6.58. The van der Waals surface area contributed by atoms with Gasteiger partial charge in [0.15, 0.2) is 5.84 Å². The van der Waals surface area contributed by atoms with Gasteiger partial charge in [-0.1, -0.05) is 11.6 Å². The van der Waals surface area contributed by atoms with Gasteiger partial charge in [-0.05, 0) is 39.5 Å². The molecule has 0 aromatic carbocycles. The summed E-state index contributed by atoms with van der Waals surface area (Å²) >= 11 is 0. The van der Waals surface area contributed by atoms with Gasteiger partial charge in [-0.2, -0.15) is 0 Å². The second-order valence-corrected chi connectivity index (χ2v) is 5.54. The Hall–Kier alpha value is -1.30. The average Bonchev–Trinajstić information content (AvgIpc) is 3.14. The van der Waals surface area contributed by atoms with Crippen molar-refractivity contribution in [1.29, 1.82) is 0 Å². The van der Waals surface area contributed by atoms with E-state index in [1.165, 1.54) is 6.42 Å². The van der Waals surface area contributed by atoms with E-state index >= 15 is 0 Å². The first-order valence-corrected chi connectivity index (χ1v) is 6.58. The summed E-state index contributed by atoms with van der Waals surface area (Å²) in [6.45, 7) is 4.22. The van der Waals surface area contributed by atoms with E-state index < -0.39 is 5.41 Å². The van der Waals surface area contributed by atoms with Crippen molar-refractivity contribution in [3.63, 3.8) is 0 Å². The van der Waals surface area contributed by atoms with Crippen LogP contribution in [-0.2, 0) is 4.79 Å². The van der Waals surface area contributed by atoms with E-state index in [4.69, 9.17) is 10.9 Å². The highest BCUT2D eigenvalue weighted by Gasteiger charge is 2.55. The van der Waals surface area contributed by atoms with Gasteiger partial charge < -0.3 is 10.9 Å². The van der Waals surface area contributed by atoms with Crippen molar-refractivity contribution in [1.82, 2.24) is 10.4 Å². The van der Waals surface area contributed by atoms with Crippen LogP contribution in [0.15, 0.2) is 5.16 Å². The summed E-state index contributed by atoms with van der Waals surface area (Å²) in [5.41, 5.74) is 7.80. The maximum absolute atomic E-state index is 12.3. The van der Waals surface area contributed by atoms with Crippen LogP contribution < -0.4 is 11.2 Å². The van der Waals surface area contributed by atoms with Gasteiger partial charge in [0, 0.05) is 12.1 Å². The van der Waals surface area contributed by atoms with Gasteiger partial charge in [0.05, 0.1) is 0 Å². The Morgan fingerprint density at radius 2 is 1.94 bits per heavy atom. The molecule has 1 aliphatic carbocycles. The summed E-state index contributed by atoms with van der Waals surface area (Å²) in [5.74, 6) is -0.115. The Morgan fingerprint density at radius 1 is 1.39 bits per heavy atom. The molecule has 1 aliphatic heterocycles. The molecule has 0 aromatic rings. The molecule has 1 saturated carbocycles. The minimum atomic E-state index is -0.772. The average molecular weight is 254 g/mol. The third-order valence-electron chi connectivity index (χ3n) is 4.21. The minimum Gasteiger partial charge on any atom is -0.409 e. The highest BCUT2D eigenvalue weighted by molar-refractivity contribution is 6.09. The molecule has 2 unspecified atom stereocenters. The highest BCUT2D eigenvalue weighted by Crippen LogP contribution is 2.46. The van der Waals surface area contributed by atoms with Gasteiger partial charge in [-0.3, -0.25) is 10.2 Å². The zero-order valence-electron chi connectivity index (χ0n) is 11.0. The number of carbonyl (C=O) groups is 1. The largest absolute Gasteiger partial charge is 0.409 e. The molecule has 18 heavy (non-hydrogen) atoms. The molecule has 1 saturated heterocycles. The van der Waals surface area contributed by atoms with E-state index in [0.717, 1.165) is 12.8 Å². The molecule has 0 bridgehead atoms. The molecule has 4 N–H and O–H groups in total. The third kappa shape index (κ3) is 2.16. The van der Waals surface area contributed by atoms with E-state index in [1.54, 1.807) is 0 Å². The van der Waals surface area contributed by atoms with Crippen molar-refractivity contribution in [2.24, 2.45) is 16.3 Å². The topological polar surface area (TPSA) is 91.0 Å². The summed E-state index contributed by atoms with van der Waals surface area (Å²) in [6, 6.07) is 0.668. The van der Waals surface area contributed by atoms with Crippen LogP contribution >= 0.6 is 0 Å². The number of amidine groups is 1. The van der Waals surface area contributed by atoms with Gasteiger partial charge >= 0.3 is 0 Å². The molecule has 1 heterocycles. The molecule has 2 rings (SSSR count). The Bertz CT molecular complexity index is 355. The number of nitrogens with one attached hydrogen (secondary N) is 1. The number of hydrazine groups is 1. The monoisotopic (exact) mass is 254 g/mol. The molecule has 0 aromatic heterocycles. The Kier molecular flexibility index (Phi) is 3.47. The number of rotatable bonds is 3. The number of hydrogen-bond acceptors (Lipinski definition) is 4. The van der Waals surface area contributed by atoms with Crippen LogP contribution in [0.3, 0.4) is 0 Å². The molecular formula is C12H22N4O2. The minimum absolute atomic E-state index is 0.0253. The van der Waals surface area contributed by atoms with Crippen LogP contribution in [0.2, 0.25) is 0 Å². The van der Waals surface area contributed by atoms with Crippen LogP contribution in [0.25, 0.3) is 0 Å². The third-order valence-corrected chi connectivity index (χ3v) is 4.21. The lowest BCUT2D eigenvalue weighted by Gasteiger charge is -2.39. The molecule has 2 fully saturated rings. The van der Waals surface area contributed by atoms with E-state index in [0.29, 0.717) is 24.9 Å². The number of piperidine rings is 1. The maximum Gasteiger partial charge on any atom is 0.248 e. The summed E-state index contributed by atoms with van der Waals surface area (Å²) in [5, 5.41) is 13.7. The van der Waals surface area contributed by atoms with E-state index in [9.17, 15) is 4.79 Å². The molecule has 6 heteroatoms. The molecule has 2 atom stereocenters. The smallest absolute Gasteiger partial charge is 0.248 e. The van der Waals surface area contributed by atoms with E-state index in [2.05, 4.69) is 24.4 Å². The Balaban J connectivity index is 2.03. The Labute approximate surface area is 107 Å². The Morgan fingerprint density at radius 3 is 2.39 bits per heavy atom. The standard InChI is InChI=1S/C12H22N4O2/c1-8-4-3-5-9(2)16(8)14-11(17)12(6-7-12)10(13)15-18/h8-9,18H,3-7H2,1-2H3,(H2,13,15)(H,14,17). The number of nitrogens with two attached hydrogens (primary N) is 1. The lowest BCUT2D eigenvalue weighted by molar-refractivity contribution is -0.132. The second-order valence-electron chi connectivity index (χ2n) is 5.54. The van der Waals surface area contributed by atoms with Crippen molar-refractivity contribution in [2.45, 2.75) is 58.0 Å². The normalized spacial score (nSPS) is 32.0. The first kappa shape index (κ1) is 13.1. The van der Waals surface area contributed by atoms with Crippen LogP contribution in [0.5, 0.6) is 0 Å². The SMILES string of the molecule is CC1CCCC(C)N1NC(=O)C1(C(N)=NO)CC1. The molecule has 102 valence electrons. The molecule has 2 aliphatic rings. The van der Waals surface area contributed by atoms with Crippen molar-refractivity contribution < 1.29 is 10.0 Å². The van der Waals surface area contributed by atoms with Crippen molar-refractivity contribution >= 4 is 11.7 Å². The van der Waals surface area contributed by atoms with Gasteiger partial charge in [0.1, 0.15) is 5.41 Å². The number of oxime groups is 1. The quantitative estimate of drug-likeness (QED) is 0.301. The van der Waals surface area contributed by atoms with Crippen LogP contribution in [-0.4, -0.2) is 34.0 Å². The van der Waals surface area contributed by atoms with Crippen LogP contribution in [0.1, 0.15) is 46.0 Å². The summed E-state index contributed by atoms with van der Waals surface area (Å²) in [6.07, 6.45) is 4.68. The van der Waals surface area contributed by atoms with Gasteiger partial charge in [-0.25, -0.2) is 5.01 Å². The fourth-order valence-corrected chi connectivity index (χ4v) is 2.69. The van der Waals surface area contributed by atoms with E-state index in [-0.39, 0.29) is 11.7 Å². The summed E-state index contributed by atoms with van der Waals surface area (Å²) in [7, 11) is 0. The number of hydrogen-bond donors (Lipinski definition) is 3. The fraction of sp³-hybridized carbons (Fsp3) is 0.833. The highest BCUT2D eigenvalue weighted by atomic mass is 16.4. The predicted molar refractivity (Wildman–Crippen MR) is 67.8 cm³/mol. The van der Waals surface area contributed by atoms with Gasteiger partial charge in [-0.15, -0.1) is 0 Å². The van der Waals surface area contributed by atoms with Gasteiger partial charge in [0.25, 0.3) is 0 Å². The molecule has 1 amide bonds. The summed E-state index contributed by atoms with van der Waals surface area (Å²) < 4.78 is 0. The van der Waals surface area contributed by atoms with Crippen LogP contribution in [0.4, 0.5) is 0 Å². The van der Waals surface area contributed by atoms with Crippen LogP contribution in [0, 0.1) is 5.41 Å². The second kappa shape index (κ2) is 4.76. The first-order chi connectivity index (χ1) is 8.51. The zero-order valence-corrected chi connectivity index (χ0v) is 11.0. The van der Waals surface area contributed by atoms with Crippen molar-refractivity contribution in [3.8, 4) is 0 Å². The van der Waals surface area contributed by atoms with Gasteiger partial charge in [0.2, 0.25) is 5.91 Å². The molecule has 0 radical (unpaired) electrons. The fourth-order valence-electron chi connectivity index (χ4n) is 2.69. The number of nitrogens with zero attached hydrogens (tertiary/aromatic N) is 2. The molecular weight excluding hydrogens is 232 g/mol. The maximum atomic E-state index is 12.3. The molecule has 6 nitrogen and oxygen atoms in total. The predicted octanol–water partition coefficient (Wildman–Crippen LogP) is 0.807.